The van der Waals surface area contributed by atoms with Crippen molar-refractivity contribution in [3.05, 3.63) is 65.7 Å². The molecule has 1 aromatic carbocycles. The van der Waals surface area contributed by atoms with Crippen LogP contribution < -0.4 is 10.5 Å². The highest BCUT2D eigenvalue weighted by Gasteiger charge is 2.07. The molecule has 0 fully saturated rings. The van der Waals surface area contributed by atoms with Gasteiger partial charge in [0.05, 0.1) is 11.9 Å². The highest BCUT2D eigenvalue weighted by Crippen LogP contribution is 2.18. The molecule has 0 bridgehead atoms. The van der Waals surface area contributed by atoms with Crippen LogP contribution in [0, 0.1) is 6.92 Å². The summed E-state index contributed by atoms with van der Waals surface area (Å²) in [6.45, 7) is 1.91. The van der Waals surface area contributed by atoms with E-state index in [4.69, 9.17) is 10.5 Å². The van der Waals surface area contributed by atoms with E-state index in [1.54, 1.807) is 25.5 Å². The van der Waals surface area contributed by atoms with E-state index >= 15 is 0 Å². The van der Waals surface area contributed by atoms with Crippen molar-refractivity contribution < 1.29 is 4.74 Å². The molecule has 0 atom stereocenters. The Balaban J connectivity index is 2.36. The first-order valence-corrected chi connectivity index (χ1v) is 6.28. The molecule has 0 radical (unpaired) electrons. The fourth-order valence-corrected chi connectivity index (χ4v) is 1.74. The van der Waals surface area contributed by atoms with Crippen LogP contribution >= 0.6 is 0 Å². The molecule has 4 heteroatoms. The van der Waals surface area contributed by atoms with Crippen molar-refractivity contribution in [1.29, 1.82) is 0 Å². The number of pyridine rings is 1. The third kappa shape index (κ3) is 3.45. The largest absolute Gasteiger partial charge is 0.453 e. The topological polar surface area (TPSA) is 60.5 Å². The lowest BCUT2D eigenvalue weighted by Gasteiger charge is -2.10. The number of hydrogen-bond acceptors (Lipinski definition) is 4. The second-order valence-corrected chi connectivity index (χ2v) is 4.27. The van der Waals surface area contributed by atoms with Gasteiger partial charge in [-0.1, -0.05) is 30.3 Å². The van der Waals surface area contributed by atoms with Crippen molar-refractivity contribution in [3.63, 3.8) is 0 Å². The summed E-state index contributed by atoms with van der Waals surface area (Å²) in [5.41, 5.74) is 8.49. The number of rotatable bonds is 4. The molecule has 0 amide bonds. The van der Waals surface area contributed by atoms with Crippen molar-refractivity contribution in [2.45, 2.75) is 6.92 Å². The van der Waals surface area contributed by atoms with Crippen LogP contribution in [0.4, 0.5) is 0 Å². The van der Waals surface area contributed by atoms with Crippen molar-refractivity contribution in [2.24, 2.45) is 10.7 Å². The van der Waals surface area contributed by atoms with Gasteiger partial charge in [-0.25, -0.2) is 0 Å². The van der Waals surface area contributed by atoms with Crippen LogP contribution in [0.1, 0.15) is 11.3 Å². The summed E-state index contributed by atoms with van der Waals surface area (Å²) in [6, 6.07) is 13.3. The normalized spacial score (nSPS) is 12.3. The van der Waals surface area contributed by atoms with E-state index in [0.717, 1.165) is 11.3 Å². The standard InChI is InChI=1S/C16H17N3O/c1-12-10-14(8-9-19-12)20-15(11-18-2)16(17)13-6-4-3-5-7-13/h3-11H,17H2,1-2H3/b16-15+,18-11?. The van der Waals surface area contributed by atoms with Gasteiger partial charge in [0.15, 0.2) is 5.76 Å². The molecular formula is C16H17N3O. The smallest absolute Gasteiger partial charge is 0.168 e. The summed E-state index contributed by atoms with van der Waals surface area (Å²) in [4.78, 5) is 8.13. The van der Waals surface area contributed by atoms with Crippen molar-refractivity contribution in [3.8, 4) is 5.75 Å². The van der Waals surface area contributed by atoms with Gasteiger partial charge in [-0.15, -0.1) is 0 Å². The molecule has 1 heterocycles. The Morgan fingerprint density at radius 2 is 2.00 bits per heavy atom. The Kier molecular flexibility index (Phi) is 4.50. The van der Waals surface area contributed by atoms with Crippen molar-refractivity contribution in [2.75, 3.05) is 7.05 Å². The summed E-state index contributed by atoms with van der Waals surface area (Å²) in [5.74, 6) is 1.20. The van der Waals surface area contributed by atoms with Crippen LogP contribution in [0.2, 0.25) is 0 Å². The zero-order valence-corrected chi connectivity index (χ0v) is 11.6. The van der Waals surface area contributed by atoms with Crippen LogP contribution in [-0.2, 0) is 0 Å². The highest BCUT2D eigenvalue weighted by atomic mass is 16.5. The van der Waals surface area contributed by atoms with E-state index in [1.165, 1.54) is 0 Å². The zero-order chi connectivity index (χ0) is 14.4. The second kappa shape index (κ2) is 6.52. The molecule has 2 N–H and O–H groups in total. The molecule has 2 rings (SSSR count). The Bertz CT molecular complexity index is 633. The average molecular weight is 267 g/mol. The Hall–Kier alpha value is -2.62. The molecule has 0 aliphatic heterocycles. The second-order valence-electron chi connectivity index (χ2n) is 4.27. The fourth-order valence-electron chi connectivity index (χ4n) is 1.74. The Labute approximate surface area is 118 Å². The number of hydrogen-bond donors (Lipinski definition) is 1. The van der Waals surface area contributed by atoms with E-state index in [1.807, 2.05) is 43.3 Å². The maximum absolute atomic E-state index is 6.16. The van der Waals surface area contributed by atoms with E-state index in [0.29, 0.717) is 17.2 Å². The molecule has 0 saturated heterocycles. The van der Waals surface area contributed by atoms with Gasteiger partial charge >= 0.3 is 0 Å². The number of allylic oxidation sites excluding steroid dienone is 1. The Morgan fingerprint density at radius 3 is 2.65 bits per heavy atom. The van der Waals surface area contributed by atoms with Gasteiger partial charge in [-0.05, 0) is 13.0 Å². The van der Waals surface area contributed by atoms with Crippen LogP contribution in [0.5, 0.6) is 5.75 Å². The van der Waals surface area contributed by atoms with Crippen LogP contribution in [0.3, 0.4) is 0 Å². The predicted molar refractivity (Wildman–Crippen MR) is 81.6 cm³/mol. The van der Waals surface area contributed by atoms with Gasteiger partial charge in [-0.3, -0.25) is 9.98 Å². The summed E-state index contributed by atoms with van der Waals surface area (Å²) in [7, 11) is 1.68. The molecule has 2 aromatic rings. The molecule has 102 valence electrons. The minimum Gasteiger partial charge on any atom is -0.453 e. The van der Waals surface area contributed by atoms with Gasteiger partial charge in [-0.2, -0.15) is 0 Å². The van der Waals surface area contributed by atoms with E-state index < -0.39 is 0 Å². The van der Waals surface area contributed by atoms with Crippen LogP contribution in [-0.4, -0.2) is 18.2 Å². The monoisotopic (exact) mass is 267 g/mol. The van der Waals surface area contributed by atoms with Gasteiger partial charge in [0.2, 0.25) is 0 Å². The first-order valence-electron chi connectivity index (χ1n) is 6.28. The number of aliphatic imine (C=N–C) groups is 1. The summed E-state index contributed by atoms with van der Waals surface area (Å²) in [6.07, 6.45) is 3.31. The molecule has 0 unspecified atom stereocenters. The van der Waals surface area contributed by atoms with Crippen molar-refractivity contribution >= 4 is 11.9 Å². The molecular weight excluding hydrogens is 250 g/mol. The number of benzene rings is 1. The fraction of sp³-hybridized carbons (Fsp3) is 0.125. The lowest BCUT2D eigenvalue weighted by atomic mass is 10.1. The molecule has 20 heavy (non-hydrogen) atoms. The molecule has 0 spiro atoms. The molecule has 4 nitrogen and oxygen atoms in total. The predicted octanol–water partition coefficient (Wildman–Crippen LogP) is 2.80. The van der Waals surface area contributed by atoms with Crippen molar-refractivity contribution in [1.82, 2.24) is 4.98 Å². The number of nitrogens with zero attached hydrogens (tertiary/aromatic N) is 2. The minimum absolute atomic E-state index is 0.518. The number of aromatic nitrogens is 1. The lowest BCUT2D eigenvalue weighted by Crippen LogP contribution is -2.08. The molecule has 0 saturated carbocycles. The van der Waals surface area contributed by atoms with Crippen LogP contribution in [0.15, 0.2) is 59.4 Å². The summed E-state index contributed by atoms with van der Waals surface area (Å²) < 4.78 is 5.82. The van der Waals surface area contributed by atoms with Crippen LogP contribution in [0.25, 0.3) is 5.70 Å². The SMILES string of the molecule is CN=C/C(Oc1ccnc(C)c1)=C(\N)c1ccccc1. The maximum atomic E-state index is 6.16. The van der Waals surface area contributed by atoms with E-state index in [-0.39, 0.29) is 0 Å². The maximum Gasteiger partial charge on any atom is 0.168 e. The average Bonchev–Trinajstić information content (AvgIpc) is 2.47. The molecule has 0 aliphatic carbocycles. The third-order valence-electron chi connectivity index (χ3n) is 2.69. The number of ether oxygens (including phenoxy) is 1. The van der Waals surface area contributed by atoms with E-state index in [2.05, 4.69) is 9.98 Å². The third-order valence-corrected chi connectivity index (χ3v) is 2.69. The highest BCUT2D eigenvalue weighted by molar-refractivity contribution is 5.88. The number of nitrogens with two attached hydrogens (primary N) is 1. The van der Waals surface area contributed by atoms with Gasteiger partial charge in [0.25, 0.3) is 0 Å². The summed E-state index contributed by atoms with van der Waals surface area (Å²) in [5, 5.41) is 0. The first kappa shape index (κ1) is 13.8. The summed E-state index contributed by atoms with van der Waals surface area (Å²) >= 11 is 0. The zero-order valence-electron chi connectivity index (χ0n) is 11.6. The first-order chi connectivity index (χ1) is 9.70. The quantitative estimate of drug-likeness (QED) is 0.684. The molecule has 1 aromatic heterocycles. The lowest BCUT2D eigenvalue weighted by molar-refractivity contribution is 0.457. The minimum atomic E-state index is 0.518. The van der Waals surface area contributed by atoms with Gasteiger partial charge in [0, 0.05) is 30.6 Å². The Morgan fingerprint density at radius 1 is 1.25 bits per heavy atom. The molecule has 0 aliphatic rings. The number of aryl methyl sites for hydroxylation is 1. The van der Waals surface area contributed by atoms with Gasteiger partial charge in [0.1, 0.15) is 5.75 Å². The van der Waals surface area contributed by atoms with Gasteiger partial charge < -0.3 is 10.5 Å². The van der Waals surface area contributed by atoms with E-state index in [9.17, 15) is 0 Å².